The van der Waals surface area contributed by atoms with Gasteiger partial charge in [0.1, 0.15) is 0 Å². The van der Waals surface area contributed by atoms with Crippen LogP contribution in [0.4, 0.5) is 0 Å². The topological polar surface area (TPSA) is 43.3 Å². The Bertz CT molecular complexity index is 597. The van der Waals surface area contributed by atoms with E-state index in [1.807, 2.05) is 42.1 Å². The first kappa shape index (κ1) is 12.2. The minimum atomic E-state index is 0.0173. The number of aryl methyl sites for hydroxylation is 1. The summed E-state index contributed by atoms with van der Waals surface area (Å²) in [6.07, 6.45) is 3.70. The van der Waals surface area contributed by atoms with E-state index < -0.39 is 0 Å². The summed E-state index contributed by atoms with van der Waals surface area (Å²) in [7, 11) is 1.97. The van der Waals surface area contributed by atoms with Gasteiger partial charge in [-0.2, -0.15) is 0 Å². The van der Waals surface area contributed by atoms with Gasteiger partial charge in [0.2, 0.25) is 0 Å². The molecule has 2 heterocycles. The number of ether oxygens (including phenoxy) is 1. The molecule has 1 aromatic carbocycles. The molecular formula is C15H18N2O2. The first-order chi connectivity index (χ1) is 9.25. The van der Waals surface area contributed by atoms with Crippen LogP contribution in [-0.2, 0) is 11.8 Å². The number of benzene rings is 1. The maximum Gasteiger partial charge on any atom is 0.253 e. The van der Waals surface area contributed by atoms with Crippen LogP contribution in [0, 0.1) is 0 Å². The van der Waals surface area contributed by atoms with Gasteiger partial charge in [0.05, 0.1) is 5.56 Å². The van der Waals surface area contributed by atoms with Crippen LogP contribution in [0.15, 0.2) is 30.5 Å². The molecule has 1 saturated heterocycles. The van der Waals surface area contributed by atoms with Crippen LogP contribution in [0.5, 0.6) is 0 Å². The van der Waals surface area contributed by atoms with Gasteiger partial charge in [-0.3, -0.25) is 4.79 Å². The van der Waals surface area contributed by atoms with Crippen molar-refractivity contribution in [2.45, 2.75) is 18.9 Å². The Hall–Kier alpha value is -1.81. The minimum absolute atomic E-state index is 0.0173. The second-order valence-corrected chi connectivity index (χ2v) is 5.03. The van der Waals surface area contributed by atoms with Crippen LogP contribution in [0.25, 0.3) is 10.9 Å². The first-order valence-corrected chi connectivity index (χ1v) is 6.68. The van der Waals surface area contributed by atoms with Gasteiger partial charge in [0.25, 0.3) is 5.91 Å². The van der Waals surface area contributed by atoms with Gasteiger partial charge in [0, 0.05) is 43.4 Å². The molecule has 1 fully saturated rings. The number of fused-ring (bicyclic) bond motifs is 1. The summed E-state index contributed by atoms with van der Waals surface area (Å²) in [5, 5.41) is 4.12. The fourth-order valence-electron chi connectivity index (χ4n) is 2.63. The average Bonchev–Trinajstić information content (AvgIpc) is 2.78. The Balaban J connectivity index is 1.85. The van der Waals surface area contributed by atoms with Crippen molar-refractivity contribution in [1.29, 1.82) is 0 Å². The number of nitrogens with zero attached hydrogens (tertiary/aromatic N) is 1. The van der Waals surface area contributed by atoms with E-state index in [0.29, 0.717) is 0 Å². The lowest BCUT2D eigenvalue weighted by Crippen LogP contribution is -2.38. The second kappa shape index (κ2) is 5.05. The molecule has 0 unspecified atom stereocenters. The van der Waals surface area contributed by atoms with E-state index in [9.17, 15) is 4.79 Å². The molecule has 1 aromatic heterocycles. The van der Waals surface area contributed by atoms with Crippen molar-refractivity contribution in [3.05, 3.63) is 36.0 Å². The molecule has 1 amide bonds. The van der Waals surface area contributed by atoms with Gasteiger partial charge in [-0.25, -0.2) is 0 Å². The van der Waals surface area contributed by atoms with Crippen molar-refractivity contribution < 1.29 is 9.53 Å². The molecule has 19 heavy (non-hydrogen) atoms. The summed E-state index contributed by atoms with van der Waals surface area (Å²) >= 11 is 0. The zero-order valence-electron chi connectivity index (χ0n) is 11.1. The summed E-state index contributed by atoms with van der Waals surface area (Å²) in [6, 6.07) is 8.21. The van der Waals surface area contributed by atoms with Gasteiger partial charge in [0.15, 0.2) is 0 Å². The van der Waals surface area contributed by atoms with E-state index in [-0.39, 0.29) is 11.9 Å². The van der Waals surface area contributed by atoms with Crippen molar-refractivity contribution in [1.82, 2.24) is 9.88 Å². The molecule has 0 spiro atoms. The molecule has 0 aliphatic carbocycles. The molecule has 3 rings (SSSR count). The molecule has 1 N–H and O–H groups in total. The standard InChI is InChI=1S/C15H18N2O2/c1-17-10-13(12-4-2-3-5-14(12)17)15(18)16-11-6-8-19-9-7-11/h2-5,10-11H,6-9H2,1H3,(H,16,18). The quantitative estimate of drug-likeness (QED) is 0.896. The smallest absolute Gasteiger partial charge is 0.253 e. The lowest BCUT2D eigenvalue weighted by molar-refractivity contribution is 0.0697. The van der Waals surface area contributed by atoms with Gasteiger partial charge in [-0.1, -0.05) is 18.2 Å². The zero-order chi connectivity index (χ0) is 13.2. The molecule has 100 valence electrons. The molecule has 4 heteroatoms. The Labute approximate surface area is 112 Å². The molecule has 0 radical (unpaired) electrons. The van der Waals surface area contributed by atoms with E-state index in [0.717, 1.165) is 42.5 Å². The maximum atomic E-state index is 12.4. The predicted octanol–water partition coefficient (Wildman–Crippen LogP) is 2.09. The summed E-state index contributed by atoms with van der Waals surface area (Å²) in [6.45, 7) is 1.47. The summed E-state index contributed by atoms with van der Waals surface area (Å²) < 4.78 is 7.30. The summed E-state index contributed by atoms with van der Waals surface area (Å²) in [5.74, 6) is 0.0173. The highest BCUT2D eigenvalue weighted by atomic mass is 16.5. The number of rotatable bonds is 2. The number of hydrogen-bond acceptors (Lipinski definition) is 2. The number of carbonyl (C=O) groups excluding carboxylic acids is 1. The van der Waals surface area contributed by atoms with Crippen molar-refractivity contribution in [3.8, 4) is 0 Å². The van der Waals surface area contributed by atoms with Crippen LogP contribution < -0.4 is 5.32 Å². The van der Waals surface area contributed by atoms with Crippen LogP contribution in [0.1, 0.15) is 23.2 Å². The van der Waals surface area contributed by atoms with Crippen LogP contribution >= 0.6 is 0 Å². The normalized spacial score (nSPS) is 16.7. The largest absolute Gasteiger partial charge is 0.381 e. The van der Waals surface area contributed by atoms with Gasteiger partial charge >= 0.3 is 0 Å². The van der Waals surface area contributed by atoms with E-state index in [4.69, 9.17) is 4.74 Å². The highest BCUT2D eigenvalue weighted by Crippen LogP contribution is 2.20. The third-order valence-electron chi connectivity index (χ3n) is 3.70. The highest BCUT2D eigenvalue weighted by molar-refractivity contribution is 6.07. The lowest BCUT2D eigenvalue weighted by Gasteiger charge is -2.22. The third-order valence-corrected chi connectivity index (χ3v) is 3.70. The van der Waals surface area contributed by atoms with Crippen LogP contribution in [-0.4, -0.2) is 29.7 Å². The Morgan fingerprint density at radius 3 is 2.84 bits per heavy atom. The Kier molecular flexibility index (Phi) is 3.25. The maximum absolute atomic E-state index is 12.4. The molecule has 0 atom stereocenters. The van der Waals surface area contributed by atoms with Crippen LogP contribution in [0.3, 0.4) is 0 Å². The Morgan fingerprint density at radius 2 is 2.05 bits per heavy atom. The van der Waals surface area contributed by atoms with Crippen LogP contribution in [0.2, 0.25) is 0 Å². The monoisotopic (exact) mass is 258 g/mol. The van der Waals surface area contributed by atoms with Crippen molar-refractivity contribution >= 4 is 16.8 Å². The SMILES string of the molecule is Cn1cc(C(=O)NC2CCOCC2)c2ccccc21. The molecule has 1 aliphatic heterocycles. The van der Waals surface area contributed by atoms with E-state index in [1.165, 1.54) is 0 Å². The van der Waals surface area contributed by atoms with Crippen molar-refractivity contribution in [3.63, 3.8) is 0 Å². The lowest BCUT2D eigenvalue weighted by atomic mass is 10.1. The molecule has 0 saturated carbocycles. The van der Waals surface area contributed by atoms with Gasteiger partial charge < -0.3 is 14.6 Å². The first-order valence-electron chi connectivity index (χ1n) is 6.68. The number of para-hydroxylation sites is 1. The Morgan fingerprint density at radius 1 is 1.32 bits per heavy atom. The zero-order valence-corrected chi connectivity index (χ0v) is 11.1. The molecule has 2 aromatic rings. The number of nitrogens with one attached hydrogen (secondary N) is 1. The highest BCUT2D eigenvalue weighted by Gasteiger charge is 2.19. The fraction of sp³-hybridized carbons (Fsp3) is 0.400. The molecule has 1 aliphatic rings. The van der Waals surface area contributed by atoms with E-state index >= 15 is 0 Å². The van der Waals surface area contributed by atoms with Crippen molar-refractivity contribution in [2.75, 3.05) is 13.2 Å². The summed E-state index contributed by atoms with van der Waals surface area (Å²) in [5.41, 5.74) is 1.84. The number of aromatic nitrogens is 1. The number of hydrogen-bond donors (Lipinski definition) is 1. The summed E-state index contributed by atoms with van der Waals surface area (Å²) in [4.78, 5) is 12.4. The third kappa shape index (κ3) is 2.36. The molecular weight excluding hydrogens is 240 g/mol. The van der Waals surface area contributed by atoms with Gasteiger partial charge in [-0.15, -0.1) is 0 Å². The van der Waals surface area contributed by atoms with E-state index in [1.54, 1.807) is 0 Å². The second-order valence-electron chi connectivity index (χ2n) is 5.03. The van der Waals surface area contributed by atoms with Crippen molar-refractivity contribution in [2.24, 2.45) is 7.05 Å². The average molecular weight is 258 g/mol. The molecule has 4 nitrogen and oxygen atoms in total. The fourth-order valence-corrected chi connectivity index (χ4v) is 2.63. The molecule has 0 bridgehead atoms. The minimum Gasteiger partial charge on any atom is -0.381 e. The number of amides is 1. The number of carbonyl (C=O) groups is 1. The predicted molar refractivity (Wildman–Crippen MR) is 74.2 cm³/mol. The van der Waals surface area contributed by atoms with Gasteiger partial charge in [-0.05, 0) is 18.9 Å². The van der Waals surface area contributed by atoms with E-state index in [2.05, 4.69) is 5.32 Å².